The molecule has 28 heavy (non-hydrogen) atoms. The molecule has 0 aliphatic carbocycles. The minimum atomic E-state index is -0.676. The second kappa shape index (κ2) is 8.92. The largest absolute Gasteiger partial charge is 0.423 e. The third-order valence-corrected chi connectivity index (χ3v) is 3.87. The minimum Gasteiger partial charge on any atom is -0.423 e. The highest BCUT2D eigenvalue weighted by molar-refractivity contribution is 6.30. The first-order chi connectivity index (χ1) is 13.5. The van der Waals surface area contributed by atoms with Crippen molar-refractivity contribution in [2.75, 3.05) is 0 Å². The van der Waals surface area contributed by atoms with E-state index in [1.165, 1.54) is 24.4 Å². The summed E-state index contributed by atoms with van der Waals surface area (Å²) in [6.45, 7) is 0. The van der Waals surface area contributed by atoms with Crippen LogP contribution < -0.4 is 10.2 Å². The quantitative estimate of drug-likeness (QED) is 0.299. The molecule has 0 atom stereocenters. The van der Waals surface area contributed by atoms with Gasteiger partial charge in [-0.3, -0.25) is 4.79 Å². The van der Waals surface area contributed by atoms with Gasteiger partial charge in [0, 0.05) is 10.6 Å². The van der Waals surface area contributed by atoms with Crippen LogP contribution in [0.4, 0.5) is 4.39 Å². The summed E-state index contributed by atoms with van der Waals surface area (Å²) in [5.74, 6) is -1.32. The molecule has 0 spiro atoms. The maximum absolute atomic E-state index is 13.2. The average molecular weight is 397 g/mol. The summed E-state index contributed by atoms with van der Waals surface area (Å²) < 4.78 is 18.4. The molecule has 140 valence electrons. The molecular weight excluding hydrogens is 383 g/mol. The van der Waals surface area contributed by atoms with Crippen LogP contribution in [0.3, 0.4) is 0 Å². The lowest BCUT2D eigenvalue weighted by Crippen LogP contribution is -2.17. The van der Waals surface area contributed by atoms with Gasteiger partial charge < -0.3 is 4.74 Å². The van der Waals surface area contributed by atoms with Gasteiger partial charge in [0.15, 0.2) is 0 Å². The van der Waals surface area contributed by atoms with E-state index in [1.807, 2.05) is 0 Å². The number of nitrogens with zero attached hydrogens (tertiary/aromatic N) is 1. The highest BCUT2D eigenvalue weighted by Gasteiger charge is 2.09. The highest BCUT2D eigenvalue weighted by atomic mass is 35.5. The van der Waals surface area contributed by atoms with Gasteiger partial charge in [-0.05, 0) is 60.2 Å². The molecule has 3 aromatic rings. The topological polar surface area (TPSA) is 67.8 Å². The highest BCUT2D eigenvalue weighted by Crippen LogP contribution is 2.15. The number of benzene rings is 3. The summed E-state index contributed by atoms with van der Waals surface area (Å²) in [6.07, 6.45) is 1.41. The van der Waals surface area contributed by atoms with Crippen molar-refractivity contribution in [2.24, 2.45) is 5.10 Å². The number of amides is 1. The van der Waals surface area contributed by atoms with Crippen LogP contribution in [0, 0.1) is 5.82 Å². The van der Waals surface area contributed by atoms with Crippen molar-refractivity contribution in [2.45, 2.75) is 0 Å². The summed E-state index contributed by atoms with van der Waals surface area (Å²) in [6, 6.07) is 18.1. The maximum Gasteiger partial charge on any atom is 0.343 e. The fraction of sp³-hybridized carbons (Fsp3) is 0. The summed E-state index contributed by atoms with van der Waals surface area (Å²) in [5, 5.41) is 4.41. The zero-order valence-corrected chi connectivity index (χ0v) is 15.2. The Kier molecular flexibility index (Phi) is 6.14. The van der Waals surface area contributed by atoms with Gasteiger partial charge in [0.25, 0.3) is 5.91 Å². The van der Waals surface area contributed by atoms with Gasteiger partial charge in [0.1, 0.15) is 11.6 Å². The van der Waals surface area contributed by atoms with E-state index in [1.54, 1.807) is 48.5 Å². The zero-order valence-electron chi connectivity index (χ0n) is 14.4. The molecule has 7 heteroatoms. The van der Waals surface area contributed by atoms with Crippen LogP contribution in [-0.4, -0.2) is 18.1 Å². The first-order valence-corrected chi connectivity index (χ1v) is 8.56. The van der Waals surface area contributed by atoms with Crippen molar-refractivity contribution in [1.82, 2.24) is 5.43 Å². The number of rotatable bonds is 5. The van der Waals surface area contributed by atoms with Crippen LogP contribution in [0.5, 0.6) is 5.75 Å². The van der Waals surface area contributed by atoms with Crippen LogP contribution in [0.2, 0.25) is 5.02 Å². The number of ether oxygens (including phenoxy) is 1. The number of hydrogen-bond donors (Lipinski definition) is 1. The Hall–Kier alpha value is -3.51. The van der Waals surface area contributed by atoms with E-state index in [2.05, 4.69) is 10.5 Å². The fourth-order valence-electron chi connectivity index (χ4n) is 2.27. The number of carbonyl (C=O) groups is 2. The summed E-state index contributed by atoms with van der Waals surface area (Å²) in [7, 11) is 0. The molecule has 3 aromatic carbocycles. The first-order valence-electron chi connectivity index (χ1n) is 8.18. The van der Waals surface area contributed by atoms with E-state index in [0.717, 1.165) is 6.07 Å². The first kappa shape index (κ1) is 19.3. The van der Waals surface area contributed by atoms with Gasteiger partial charge >= 0.3 is 5.97 Å². The molecule has 0 bridgehead atoms. The molecule has 0 aliphatic heterocycles. The second-order valence-electron chi connectivity index (χ2n) is 5.68. The van der Waals surface area contributed by atoms with Crippen LogP contribution in [-0.2, 0) is 0 Å². The van der Waals surface area contributed by atoms with Crippen LogP contribution in [0.25, 0.3) is 0 Å². The Morgan fingerprint density at radius 1 is 0.964 bits per heavy atom. The Labute approximate surface area is 165 Å². The van der Waals surface area contributed by atoms with Crippen molar-refractivity contribution in [3.05, 3.63) is 100 Å². The lowest BCUT2D eigenvalue weighted by molar-refractivity contribution is 0.0734. The van der Waals surface area contributed by atoms with Gasteiger partial charge in [-0.25, -0.2) is 14.6 Å². The smallest absolute Gasteiger partial charge is 0.343 e. The fourth-order valence-corrected chi connectivity index (χ4v) is 2.40. The molecule has 0 saturated carbocycles. The van der Waals surface area contributed by atoms with Gasteiger partial charge in [-0.1, -0.05) is 29.8 Å². The van der Waals surface area contributed by atoms with Crippen molar-refractivity contribution in [1.29, 1.82) is 0 Å². The molecule has 5 nitrogen and oxygen atoms in total. The second-order valence-corrected chi connectivity index (χ2v) is 6.11. The number of hydrogen-bond acceptors (Lipinski definition) is 4. The van der Waals surface area contributed by atoms with Gasteiger partial charge in [-0.15, -0.1) is 0 Å². The Bertz CT molecular complexity index is 1040. The average Bonchev–Trinajstić information content (AvgIpc) is 2.69. The Morgan fingerprint density at radius 3 is 2.46 bits per heavy atom. The Balaban J connectivity index is 1.62. The summed E-state index contributed by atoms with van der Waals surface area (Å²) in [4.78, 5) is 24.0. The van der Waals surface area contributed by atoms with Gasteiger partial charge in [-0.2, -0.15) is 5.10 Å². The van der Waals surface area contributed by atoms with Crippen LogP contribution in [0.15, 0.2) is 77.9 Å². The molecule has 0 heterocycles. The standard InChI is InChI=1S/C21H14ClFN2O3/c22-17-9-7-15(8-10-17)20(26)25-24-13-14-3-1-6-19(11-14)28-21(27)16-4-2-5-18(23)12-16/h1-13H,(H,25,26)/b24-13-. The molecule has 0 fully saturated rings. The minimum absolute atomic E-state index is 0.106. The van der Waals surface area contributed by atoms with Crippen LogP contribution in [0.1, 0.15) is 26.3 Å². The van der Waals surface area contributed by atoms with Crippen LogP contribution >= 0.6 is 11.6 Å². The van der Waals surface area contributed by atoms with E-state index >= 15 is 0 Å². The van der Waals surface area contributed by atoms with E-state index in [9.17, 15) is 14.0 Å². The van der Waals surface area contributed by atoms with Crippen molar-refractivity contribution in [3.63, 3.8) is 0 Å². The maximum atomic E-state index is 13.2. The summed E-state index contributed by atoms with van der Waals surface area (Å²) >= 11 is 5.78. The summed E-state index contributed by atoms with van der Waals surface area (Å²) in [5.41, 5.74) is 3.52. The predicted octanol–water partition coefficient (Wildman–Crippen LogP) is 4.46. The molecule has 0 unspecified atom stereocenters. The number of nitrogens with one attached hydrogen (secondary N) is 1. The van der Waals surface area contributed by atoms with Crippen molar-refractivity contribution < 1.29 is 18.7 Å². The number of halogens is 2. The lowest BCUT2D eigenvalue weighted by atomic mass is 10.2. The molecule has 3 rings (SSSR count). The molecule has 1 amide bonds. The van der Waals surface area contributed by atoms with E-state index in [4.69, 9.17) is 16.3 Å². The van der Waals surface area contributed by atoms with Gasteiger partial charge in [0.2, 0.25) is 0 Å². The molecule has 1 N–H and O–H groups in total. The van der Waals surface area contributed by atoms with E-state index in [-0.39, 0.29) is 17.2 Å². The molecule has 0 aromatic heterocycles. The number of hydrazone groups is 1. The predicted molar refractivity (Wildman–Crippen MR) is 104 cm³/mol. The number of carbonyl (C=O) groups excluding carboxylic acids is 2. The SMILES string of the molecule is O=C(N/N=C\c1cccc(OC(=O)c2cccc(F)c2)c1)c1ccc(Cl)cc1. The molecule has 0 aliphatic rings. The normalized spacial score (nSPS) is 10.6. The zero-order chi connectivity index (χ0) is 19.9. The number of esters is 1. The molecule has 0 saturated heterocycles. The van der Waals surface area contributed by atoms with Gasteiger partial charge in [0.05, 0.1) is 11.8 Å². The molecule has 0 radical (unpaired) electrons. The Morgan fingerprint density at radius 2 is 1.71 bits per heavy atom. The van der Waals surface area contributed by atoms with Crippen molar-refractivity contribution in [3.8, 4) is 5.75 Å². The van der Waals surface area contributed by atoms with E-state index < -0.39 is 11.8 Å². The lowest BCUT2D eigenvalue weighted by Gasteiger charge is -2.05. The monoisotopic (exact) mass is 396 g/mol. The van der Waals surface area contributed by atoms with E-state index in [0.29, 0.717) is 16.1 Å². The molecular formula is C21H14ClFN2O3. The third-order valence-electron chi connectivity index (χ3n) is 3.62. The van der Waals surface area contributed by atoms with Crippen molar-refractivity contribution >= 4 is 29.7 Å². The third kappa shape index (κ3) is 5.25.